The quantitative estimate of drug-likeness (QED) is 0.832. The summed E-state index contributed by atoms with van der Waals surface area (Å²) in [6.07, 6.45) is 3.95. The molecule has 0 aliphatic carbocycles. The molecule has 1 aliphatic heterocycles. The molecule has 1 aromatic rings. The van der Waals surface area contributed by atoms with Crippen molar-refractivity contribution in [3.8, 4) is 0 Å². The first-order valence-corrected chi connectivity index (χ1v) is 6.73. The maximum absolute atomic E-state index is 5.78. The van der Waals surface area contributed by atoms with Gasteiger partial charge in [0.15, 0.2) is 0 Å². The Morgan fingerprint density at radius 1 is 1.67 bits per heavy atom. The van der Waals surface area contributed by atoms with Gasteiger partial charge in [0.25, 0.3) is 0 Å². The first-order valence-electron chi connectivity index (χ1n) is 5.79. The molecule has 0 spiro atoms. The van der Waals surface area contributed by atoms with Crippen LogP contribution >= 0.6 is 11.3 Å². The van der Waals surface area contributed by atoms with Gasteiger partial charge in [-0.1, -0.05) is 6.92 Å². The minimum atomic E-state index is 0.381. The van der Waals surface area contributed by atoms with Gasteiger partial charge >= 0.3 is 0 Å². The third-order valence-corrected chi connectivity index (χ3v) is 3.55. The topological polar surface area (TPSA) is 21.3 Å². The van der Waals surface area contributed by atoms with Crippen LogP contribution in [0.4, 0.5) is 0 Å². The second-order valence-corrected chi connectivity index (χ2v) is 4.82. The fourth-order valence-corrected chi connectivity index (χ4v) is 2.78. The fraction of sp³-hybridized carbons (Fsp3) is 0.667. The smallest absolute Gasteiger partial charge is 0.0770 e. The largest absolute Gasteiger partial charge is 0.376 e. The molecule has 84 valence electrons. The van der Waals surface area contributed by atoms with Gasteiger partial charge in [0.05, 0.1) is 12.1 Å². The molecule has 1 fully saturated rings. The summed E-state index contributed by atoms with van der Waals surface area (Å²) in [6.45, 7) is 4.20. The van der Waals surface area contributed by atoms with Crippen LogP contribution in [0.2, 0.25) is 0 Å². The number of hydrogen-bond donors (Lipinski definition) is 1. The maximum atomic E-state index is 5.78. The summed E-state index contributed by atoms with van der Waals surface area (Å²) in [5.74, 6) is 0. The van der Waals surface area contributed by atoms with Crippen molar-refractivity contribution in [2.24, 2.45) is 0 Å². The van der Waals surface area contributed by atoms with Crippen LogP contribution < -0.4 is 5.32 Å². The van der Waals surface area contributed by atoms with Crippen LogP contribution in [-0.2, 0) is 4.74 Å². The highest BCUT2D eigenvalue weighted by molar-refractivity contribution is 7.07. The molecule has 1 saturated heterocycles. The van der Waals surface area contributed by atoms with E-state index >= 15 is 0 Å². The van der Waals surface area contributed by atoms with Crippen molar-refractivity contribution in [3.63, 3.8) is 0 Å². The standard InChI is InChI=1S/C12H19NOS/c1-2-6-13-12(10-5-8-15-9-10)11-4-3-7-14-11/h5,8-9,11-13H,2-4,6-7H2,1H3. The molecule has 1 N–H and O–H groups in total. The minimum absolute atomic E-state index is 0.381. The fourth-order valence-electron chi connectivity index (χ4n) is 2.08. The van der Waals surface area contributed by atoms with Crippen molar-refractivity contribution >= 4 is 11.3 Å². The molecule has 2 nitrogen and oxygen atoms in total. The van der Waals surface area contributed by atoms with Crippen molar-refractivity contribution in [1.82, 2.24) is 5.32 Å². The Morgan fingerprint density at radius 2 is 2.60 bits per heavy atom. The average Bonchev–Trinajstić information content (AvgIpc) is 2.90. The van der Waals surface area contributed by atoms with E-state index in [4.69, 9.17) is 4.74 Å². The Labute approximate surface area is 95.6 Å². The second kappa shape index (κ2) is 5.64. The molecule has 0 saturated carbocycles. The van der Waals surface area contributed by atoms with E-state index < -0.39 is 0 Å². The molecule has 0 amide bonds. The van der Waals surface area contributed by atoms with E-state index in [0.717, 1.165) is 13.2 Å². The normalized spacial score (nSPS) is 23.1. The summed E-state index contributed by atoms with van der Waals surface area (Å²) < 4.78 is 5.78. The molecule has 2 unspecified atom stereocenters. The Hall–Kier alpha value is -0.380. The van der Waals surface area contributed by atoms with E-state index in [1.807, 2.05) is 0 Å². The second-order valence-electron chi connectivity index (χ2n) is 4.04. The number of nitrogens with one attached hydrogen (secondary N) is 1. The van der Waals surface area contributed by atoms with Crippen LogP contribution in [-0.4, -0.2) is 19.3 Å². The van der Waals surface area contributed by atoms with Gasteiger partial charge in [0.2, 0.25) is 0 Å². The molecule has 0 aromatic carbocycles. The van der Waals surface area contributed by atoms with E-state index in [2.05, 4.69) is 29.1 Å². The Balaban J connectivity index is 2.01. The first-order chi connectivity index (χ1) is 7.42. The molecular formula is C12H19NOS. The summed E-state index contributed by atoms with van der Waals surface area (Å²) in [4.78, 5) is 0. The lowest BCUT2D eigenvalue weighted by Gasteiger charge is -2.23. The lowest BCUT2D eigenvalue weighted by Crippen LogP contribution is -2.31. The van der Waals surface area contributed by atoms with E-state index in [0.29, 0.717) is 12.1 Å². The van der Waals surface area contributed by atoms with Gasteiger partial charge in [-0.05, 0) is 48.2 Å². The zero-order valence-electron chi connectivity index (χ0n) is 9.24. The van der Waals surface area contributed by atoms with E-state index in [9.17, 15) is 0 Å². The summed E-state index contributed by atoms with van der Waals surface area (Å²) in [5, 5.41) is 7.97. The van der Waals surface area contributed by atoms with E-state index in [1.165, 1.54) is 24.8 Å². The zero-order chi connectivity index (χ0) is 10.5. The summed E-state index contributed by atoms with van der Waals surface area (Å²) >= 11 is 1.76. The van der Waals surface area contributed by atoms with Crippen molar-refractivity contribution in [2.45, 2.75) is 38.3 Å². The molecule has 3 heteroatoms. The van der Waals surface area contributed by atoms with Crippen molar-refractivity contribution < 1.29 is 4.74 Å². The number of thiophene rings is 1. The van der Waals surface area contributed by atoms with E-state index in [1.54, 1.807) is 11.3 Å². The minimum Gasteiger partial charge on any atom is -0.376 e. The monoisotopic (exact) mass is 225 g/mol. The molecule has 1 aromatic heterocycles. The highest BCUT2D eigenvalue weighted by Gasteiger charge is 2.26. The molecule has 1 aliphatic rings. The van der Waals surface area contributed by atoms with Gasteiger partial charge in [0.1, 0.15) is 0 Å². The average molecular weight is 225 g/mol. The van der Waals surface area contributed by atoms with Crippen LogP contribution in [0.5, 0.6) is 0 Å². The van der Waals surface area contributed by atoms with Gasteiger partial charge in [-0.2, -0.15) is 11.3 Å². The van der Waals surface area contributed by atoms with Crippen LogP contribution in [0.25, 0.3) is 0 Å². The lowest BCUT2D eigenvalue weighted by molar-refractivity contribution is 0.0784. The SMILES string of the molecule is CCCNC(c1ccsc1)C1CCCO1. The van der Waals surface area contributed by atoms with Crippen LogP contribution in [0, 0.1) is 0 Å². The third kappa shape index (κ3) is 2.80. The van der Waals surface area contributed by atoms with Crippen molar-refractivity contribution in [2.75, 3.05) is 13.2 Å². The molecule has 2 rings (SSSR count). The van der Waals surface area contributed by atoms with Crippen molar-refractivity contribution in [3.05, 3.63) is 22.4 Å². The molecular weight excluding hydrogens is 206 g/mol. The molecule has 2 atom stereocenters. The van der Waals surface area contributed by atoms with Crippen LogP contribution in [0.1, 0.15) is 37.8 Å². The number of ether oxygens (including phenoxy) is 1. The highest BCUT2D eigenvalue weighted by Crippen LogP contribution is 2.28. The van der Waals surface area contributed by atoms with Crippen LogP contribution in [0.3, 0.4) is 0 Å². The predicted octanol–water partition coefficient (Wildman–Crippen LogP) is 2.97. The maximum Gasteiger partial charge on any atom is 0.0770 e. The predicted molar refractivity (Wildman–Crippen MR) is 64.3 cm³/mol. The van der Waals surface area contributed by atoms with Gasteiger partial charge < -0.3 is 10.1 Å². The third-order valence-electron chi connectivity index (χ3n) is 2.85. The Morgan fingerprint density at radius 3 is 3.20 bits per heavy atom. The summed E-state index contributed by atoms with van der Waals surface area (Å²) in [5.41, 5.74) is 1.39. The van der Waals surface area contributed by atoms with Gasteiger partial charge in [-0.15, -0.1) is 0 Å². The number of rotatable bonds is 5. The van der Waals surface area contributed by atoms with Crippen molar-refractivity contribution in [1.29, 1.82) is 0 Å². The lowest BCUT2D eigenvalue weighted by atomic mass is 10.0. The zero-order valence-corrected chi connectivity index (χ0v) is 10.1. The Bertz CT molecular complexity index is 267. The molecule has 0 bridgehead atoms. The molecule has 2 heterocycles. The van der Waals surface area contributed by atoms with Crippen LogP contribution in [0.15, 0.2) is 16.8 Å². The first kappa shape index (κ1) is 11.1. The summed E-state index contributed by atoms with van der Waals surface area (Å²) in [7, 11) is 0. The van der Waals surface area contributed by atoms with Gasteiger partial charge in [-0.3, -0.25) is 0 Å². The van der Waals surface area contributed by atoms with E-state index in [-0.39, 0.29) is 0 Å². The van der Waals surface area contributed by atoms with Gasteiger partial charge in [0, 0.05) is 6.61 Å². The van der Waals surface area contributed by atoms with Gasteiger partial charge in [-0.25, -0.2) is 0 Å². The summed E-state index contributed by atoms with van der Waals surface area (Å²) in [6, 6.07) is 2.61. The Kier molecular flexibility index (Phi) is 4.18. The molecule has 15 heavy (non-hydrogen) atoms. The highest BCUT2D eigenvalue weighted by atomic mass is 32.1. The molecule has 0 radical (unpaired) electrons. The number of hydrogen-bond acceptors (Lipinski definition) is 3.